The number of amides is 1. The quantitative estimate of drug-likeness (QED) is 0.185. The molecule has 3 aromatic rings. The second kappa shape index (κ2) is 10.8. The highest BCUT2D eigenvalue weighted by atomic mass is 32.2. The second-order valence-electron chi connectivity index (χ2n) is 8.88. The number of para-hydroxylation sites is 1. The van der Waals surface area contributed by atoms with Crippen LogP contribution in [0.2, 0.25) is 0 Å². The van der Waals surface area contributed by atoms with Gasteiger partial charge in [-0.3, -0.25) is 19.1 Å². The number of benzene rings is 2. The van der Waals surface area contributed by atoms with Gasteiger partial charge in [-0.05, 0) is 75.7 Å². The fourth-order valence-corrected chi connectivity index (χ4v) is 6.61. The number of sulfone groups is 1. The number of imidazole rings is 1. The van der Waals surface area contributed by atoms with E-state index in [1.54, 1.807) is 19.1 Å². The number of aromatic hydroxyl groups is 1. The number of hydrogen-bond acceptors (Lipinski definition) is 8. The highest BCUT2D eigenvalue weighted by Gasteiger charge is 2.51. The summed E-state index contributed by atoms with van der Waals surface area (Å²) in [4.78, 5) is 25.2. The molecule has 1 aliphatic heterocycles. The number of hydrogen-bond donors (Lipinski definition) is 4. The molecule has 1 aliphatic rings. The normalized spacial score (nSPS) is 15.3. The summed E-state index contributed by atoms with van der Waals surface area (Å²) in [5.41, 5.74) is 2.27. The zero-order chi connectivity index (χ0) is 26.6. The first-order valence-electron chi connectivity index (χ1n) is 11.9. The summed E-state index contributed by atoms with van der Waals surface area (Å²) in [5.74, 6) is -0.633. The Hall–Kier alpha value is -3.61. The first-order valence-corrected chi connectivity index (χ1v) is 13.4. The van der Waals surface area contributed by atoms with Crippen LogP contribution in [0, 0.1) is 6.92 Å². The molecule has 0 bridgehead atoms. The highest BCUT2D eigenvalue weighted by molar-refractivity contribution is 7.93. The van der Waals surface area contributed by atoms with Crippen molar-refractivity contribution in [2.24, 2.45) is 0 Å². The Labute approximate surface area is 214 Å². The van der Waals surface area contributed by atoms with E-state index in [0.717, 1.165) is 0 Å². The van der Waals surface area contributed by atoms with Gasteiger partial charge in [0.15, 0.2) is 14.6 Å². The minimum atomic E-state index is -4.08. The summed E-state index contributed by atoms with van der Waals surface area (Å²) in [6.45, 7) is 2.78. The summed E-state index contributed by atoms with van der Waals surface area (Å²) < 4.78 is 33.4. The standard InChI is InChI=1S/C25H30N4O7S/c1-18-22(30)28(24(32)29(18)19-6-3-2-4-7-19)16-5-17-36-20-8-10-21(11-9-20)37(34,35)25(23(31)27-33)12-14-26-15-13-25/h2-4,6-11,26,30,33H,5,12-17H2,1H3,(H,27,31). The van der Waals surface area contributed by atoms with E-state index in [-0.39, 0.29) is 42.5 Å². The van der Waals surface area contributed by atoms with Crippen molar-refractivity contribution in [1.82, 2.24) is 19.9 Å². The molecule has 2 aromatic carbocycles. The lowest BCUT2D eigenvalue weighted by molar-refractivity contribution is -0.132. The first kappa shape index (κ1) is 26.5. The van der Waals surface area contributed by atoms with Crippen LogP contribution in [0.3, 0.4) is 0 Å². The van der Waals surface area contributed by atoms with Crippen LogP contribution in [0.1, 0.15) is 25.0 Å². The third kappa shape index (κ3) is 4.87. The van der Waals surface area contributed by atoms with E-state index in [4.69, 9.17) is 4.74 Å². The van der Waals surface area contributed by atoms with Gasteiger partial charge in [-0.1, -0.05) is 18.2 Å². The lowest BCUT2D eigenvalue weighted by Gasteiger charge is -2.34. The summed E-state index contributed by atoms with van der Waals surface area (Å²) in [6.07, 6.45) is 0.494. The lowest BCUT2D eigenvalue weighted by Crippen LogP contribution is -2.57. The first-order chi connectivity index (χ1) is 17.7. The molecule has 0 atom stereocenters. The second-order valence-corrected chi connectivity index (χ2v) is 11.1. The molecule has 12 heteroatoms. The van der Waals surface area contributed by atoms with E-state index in [1.807, 2.05) is 18.2 Å². The number of aromatic nitrogens is 2. The molecule has 0 radical (unpaired) electrons. The van der Waals surface area contributed by atoms with Crippen molar-refractivity contribution >= 4 is 15.7 Å². The van der Waals surface area contributed by atoms with Gasteiger partial charge < -0.3 is 15.2 Å². The van der Waals surface area contributed by atoms with Gasteiger partial charge in [0.25, 0.3) is 5.91 Å². The number of carbonyl (C=O) groups is 1. The number of carbonyl (C=O) groups excluding carboxylic acids is 1. The number of rotatable bonds is 9. The van der Waals surface area contributed by atoms with Crippen molar-refractivity contribution in [2.75, 3.05) is 19.7 Å². The van der Waals surface area contributed by atoms with Crippen molar-refractivity contribution in [3.63, 3.8) is 0 Å². The molecule has 1 amide bonds. The molecule has 198 valence electrons. The van der Waals surface area contributed by atoms with E-state index in [2.05, 4.69) is 5.32 Å². The predicted octanol–water partition coefficient (Wildman–Crippen LogP) is 1.52. The van der Waals surface area contributed by atoms with Gasteiger partial charge in [-0.2, -0.15) is 0 Å². The van der Waals surface area contributed by atoms with Crippen molar-refractivity contribution in [3.05, 3.63) is 70.8 Å². The van der Waals surface area contributed by atoms with Crippen LogP contribution in [-0.2, 0) is 21.2 Å². The summed E-state index contributed by atoms with van der Waals surface area (Å²) in [7, 11) is -4.08. The molecule has 0 saturated carbocycles. The number of nitrogens with zero attached hydrogens (tertiary/aromatic N) is 2. The van der Waals surface area contributed by atoms with E-state index in [0.29, 0.717) is 36.6 Å². The minimum absolute atomic E-state index is 0.0394. The Morgan fingerprint density at radius 2 is 1.76 bits per heavy atom. The van der Waals surface area contributed by atoms with E-state index in [9.17, 15) is 28.3 Å². The molecule has 1 aromatic heterocycles. The van der Waals surface area contributed by atoms with E-state index >= 15 is 0 Å². The molecule has 2 heterocycles. The van der Waals surface area contributed by atoms with Gasteiger partial charge in [0.1, 0.15) is 5.75 Å². The molecule has 11 nitrogen and oxygen atoms in total. The number of hydroxylamine groups is 1. The molecule has 4 N–H and O–H groups in total. The predicted molar refractivity (Wildman–Crippen MR) is 135 cm³/mol. The summed E-state index contributed by atoms with van der Waals surface area (Å²) in [6, 6.07) is 14.8. The average molecular weight is 531 g/mol. The third-order valence-corrected chi connectivity index (χ3v) is 9.24. The Morgan fingerprint density at radius 1 is 1.11 bits per heavy atom. The zero-order valence-corrected chi connectivity index (χ0v) is 21.2. The van der Waals surface area contributed by atoms with Gasteiger partial charge in [0, 0.05) is 6.54 Å². The Kier molecular flexibility index (Phi) is 7.71. The third-order valence-electron chi connectivity index (χ3n) is 6.72. The van der Waals surface area contributed by atoms with Crippen molar-refractivity contribution in [1.29, 1.82) is 0 Å². The maximum Gasteiger partial charge on any atom is 0.335 e. The molecule has 0 aliphatic carbocycles. The molecule has 0 unspecified atom stereocenters. The van der Waals surface area contributed by atoms with Gasteiger partial charge in [-0.15, -0.1) is 0 Å². The number of nitrogens with one attached hydrogen (secondary N) is 2. The fourth-order valence-electron chi connectivity index (χ4n) is 4.64. The molecule has 0 spiro atoms. The van der Waals surface area contributed by atoms with Crippen LogP contribution >= 0.6 is 0 Å². The zero-order valence-electron chi connectivity index (χ0n) is 20.4. The maximum absolute atomic E-state index is 13.3. The highest BCUT2D eigenvalue weighted by Crippen LogP contribution is 2.34. The van der Waals surface area contributed by atoms with Gasteiger partial charge >= 0.3 is 5.69 Å². The monoisotopic (exact) mass is 530 g/mol. The van der Waals surface area contributed by atoms with Crippen LogP contribution in [0.25, 0.3) is 5.69 Å². The average Bonchev–Trinajstić information content (AvgIpc) is 3.14. The Morgan fingerprint density at radius 3 is 2.38 bits per heavy atom. The number of ether oxygens (including phenoxy) is 1. The van der Waals surface area contributed by atoms with E-state index in [1.165, 1.54) is 38.9 Å². The summed E-state index contributed by atoms with van der Waals surface area (Å²) in [5, 5.41) is 22.7. The van der Waals surface area contributed by atoms with Crippen LogP contribution in [0.4, 0.5) is 0 Å². The van der Waals surface area contributed by atoms with Crippen LogP contribution in [-0.4, -0.2) is 58.2 Å². The van der Waals surface area contributed by atoms with Crippen LogP contribution < -0.4 is 21.2 Å². The lowest BCUT2D eigenvalue weighted by atomic mass is 9.96. The molecule has 4 rings (SSSR count). The maximum atomic E-state index is 13.3. The van der Waals surface area contributed by atoms with Crippen molar-refractivity contribution in [3.8, 4) is 17.3 Å². The smallest absolute Gasteiger partial charge is 0.335 e. The fraction of sp³-hybridized carbons (Fsp3) is 0.360. The Bertz CT molecular complexity index is 1410. The topological polar surface area (TPSA) is 152 Å². The Balaban J connectivity index is 1.41. The van der Waals surface area contributed by atoms with Crippen molar-refractivity contribution in [2.45, 2.75) is 42.4 Å². The molecule has 1 saturated heterocycles. The van der Waals surface area contributed by atoms with Gasteiger partial charge in [-0.25, -0.2) is 18.7 Å². The van der Waals surface area contributed by atoms with Gasteiger partial charge in [0.05, 0.1) is 22.9 Å². The van der Waals surface area contributed by atoms with Gasteiger partial charge in [0.2, 0.25) is 5.88 Å². The van der Waals surface area contributed by atoms with Crippen LogP contribution in [0.5, 0.6) is 11.6 Å². The number of piperidine rings is 1. The summed E-state index contributed by atoms with van der Waals surface area (Å²) >= 11 is 0. The minimum Gasteiger partial charge on any atom is -0.494 e. The van der Waals surface area contributed by atoms with E-state index < -0.39 is 20.5 Å². The molecular formula is C25H30N4O7S. The SMILES string of the molecule is Cc1c(O)n(CCCOc2ccc(S(=O)(=O)C3(C(=O)NO)CCNCC3)cc2)c(=O)n1-c1ccccc1. The molecule has 37 heavy (non-hydrogen) atoms. The largest absolute Gasteiger partial charge is 0.494 e. The van der Waals surface area contributed by atoms with Crippen LogP contribution in [0.15, 0.2) is 64.3 Å². The van der Waals surface area contributed by atoms with Crippen molar-refractivity contribution < 1.29 is 28.3 Å². The molecular weight excluding hydrogens is 500 g/mol. The molecule has 1 fully saturated rings.